The van der Waals surface area contributed by atoms with Gasteiger partial charge in [-0.2, -0.15) is 0 Å². The zero-order valence-corrected chi connectivity index (χ0v) is 12.3. The maximum Gasteiger partial charge on any atom is 0.227 e. The molecule has 0 radical (unpaired) electrons. The number of nitrogens with one attached hydrogen (secondary N) is 1. The first-order chi connectivity index (χ1) is 10.2. The van der Waals surface area contributed by atoms with Gasteiger partial charge < -0.3 is 19.5 Å². The second-order valence-electron chi connectivity index (χ2n) is 5.57. The lowest BCUT2D eigenvalue weighted by Gasteiger charge is -2.34. The molecule has 1 aliphatic heterocycles. The molecule has 0 atom stereocenters. The van der Waals surface area contributed by atoms with Gasteiger partial charge in [-0.25, -0.2) is 0 Å². The van der Waals surface area contributed by atoms with E-state index in [1.807, 2.05) is 24.3 Å². The van der Waals surface area contributed by atoms with Crippen LogP contribution in [0.15, 0.2) is 24.3 Å². The van der Waals surface area contributed by atoms with E-state index in [1.165, 1.54) is 0 Å². The quantitative estimate of drug-likeness (QED) is 0.930. The van der Waals surface area contributed by atoms with Crippen molar-refractivity contribution in [1.82, 2.24) is 0 Å². The minimum Gasteiger partial charge on any atom is -0.495 e. The maximum atomic E-state index is 12.4. The van der Waals surface area contributed by atoms with Gasteiger partial charge in [0.15, 0.2) is 5.79 Å². The summed E-state index contributed by atoms with van der Waals surface area (Å²) in [7, 11) is 1.60. The molecule has 1 amide bonds. The third-order valence-corrected chi connectivity index (χ3v) is 4.30. The summed E-state index contributed by atoms with van der Waals surface area (Å²) in [6, 6.07) is 7.46. The first-order valence-electron chi connectivity index (χ1n) is 7.44. The van der Waals surface area contributed by atoms with E-state index in [0.29, 0.717) is 19.0 Å². The van der Waals surface area contributed by atoms with Gasteiger partial charge in [0.1, 0.15) is 5.75 Å². The molecule has 1 N–H and O–H groups in total. The number of rotatable bonds is 3. The van der Waals surface area contributed by atoms with Crippen LogP contribution in [0.4, 0.5) is 5.69 Å². The molecule has 1 aromatic carbocycles. The number of amides is 1. The van der Waals surface area contributed by atoms with Gasteiger partial charge in [0.05, 0.1) is 26.0 Å². The van der Waals surface area contributed by atoms with E-state index in [9.17, 15) is 4.79 Å². The van der Waals surface area contributed by atoms with E-state index < -0.39 is 5.79 Å². The lowest BCUT2D eigenvalue weighted by molar-refractivity contribution is -0.182. The van der Waals surface area contributed by atoms with Gasteiger partial charge in [-0.15, -0.1) is 0 Å². The average molecular weight is 291 g/mol. The second kappa shape index (κ2) is 6.03. The van der Waals surface area contributed by atoms with Crippen molar-refractivity contribution >= 4 is 11.6 Å². The van der Waals surface area contributed by atoms with E-state index in [1.54, 1.807) is 7.11 Å². The summed E-state index contributed by atoms with van der Waals surface area (Å²) in [5, 5.41) is 2.96. The van der Waals surface area contributed by atoms with E-state index in [0.717, 1.165) is 31.4 Å². The van der Waals surface area contributed by atoms with Crippen LogP contribution >= 0.6 is 0 Å². The summed E-state index contributed by atoms with van der Waals surface area (Å²) >= 11 is 0. The van der Waals surface area contributed by atoms with E-state index in [-0.39, 0.29) is 11.8 Å². The molecule has 2 fully saturated rings. The van der Waals surface area contributed by atoms with Crippen LogP contribution in [0.1, 0.15) is 25.7 Å². The van der Waals surface area contributed by atoms with Crippen molar-refractivity contribution in [2.24, 2.45) is 5.92 Å². The number of para-hydroxylation sites is 2. The highest BCUT2D eigenvalue weighted by Gasteiger charge is 2.41. The Kier molecular flexibility index (Phi) is 4.12. The molecule has 1 aliphatic carbocycles. The topological polar surface area (TPSA) is 56.8 Å². The van der Waals surface area contributed by atoms with Gasteiger partial charge in [0.2, 0.25) is 5.91 Å². The molecule has 1 heterocycles. The van der Waals surface area contributed by atoms with E-state index >= 15 is 0 Å². The zero-order valence-electron chi connectivity index (χ0n) is 12.3. The van der Waals surface area contributed by atoms with Gasteiger partial charge in [-0.05, 0) is 25.0 Å². The largest absolute Gasteiger partial charge is 0.495 e. The van der Waals surface area contributed by atoms with Gasteiger partial charge in [-0.3, -0.25) is 4.79 Å². The Bertz CT molecular complexity index is 501. The predicted molar refractivity (Wildman–Crippen MR) is 78.2 cm³/mol. The average Bonchev–Trinajstić information content (AvgIpc) is 2.96. The standard InChI is InChI=1S/C16H21NO4/c1-19-14-5-3-2-4-13(14)17-15(18)12-6-8-16(9-7-12)20-10-11-21-16/h2-5,12H,6-11H2,1H3,(H,17,18). The van der Waals surface area contributed by atoms with Crippen LogP contribution in [-0.4, -0.2) is 32.0 Å². The van der Waals surface area contributed by atoms with Crippen LogP contribution < -0.4 is 10.1 Å². The molecule has 1 spiro atoms. The third kappa shape index (κ3) is 3.04. The molecule has 3 rings (SSSR count). The van der Waals surface area contributed by atoms with Crippen molar-refractivity contribution in [2.75, 3.05) is 25.6 Å². The number of hydrogen-bond acceptors (Lipinski definition) is 4. The summed E-state index contributed by atoms with van der Waals surface area (Å²) in [6.07, 6.45) is 3.16. The zero-order chi connectivity index (χ0) is 14.7. The van der Waals surface area contributed by atoms with Gasteiger partial charge in [-0.1, -0.05) is 12.1 Å². The van der Waals surface area contributed by atoms with Crippen molar-refractivity contribution in [1.29, 1.82) is 0 Å². The molecule has 2 aliphatic rings. The van der Waals surface area contributed by atoms with Crippen LogP contribution in [0.5, 0.6) is 5.75 Å². The first kappa shape index (κ1) is 14.4. The van der Waals surface area contributed by atoms with E-state index in [4.69, 9.17) is 14.2 Å². The summed E-state index contributed by atoms with van der Waals surface area (Å²) in [5.74, 6) is 0.322. The smallest absolute Gasteiger partial charge is 0.227 e. The number of benzene rings is 1. The molecule has 5 nitrogen and oxygen atoms in total. The number of ether oxygens (including phenoxy) is 3. The van der Waals surface area contributed by atoms with Crippen LogP contribution in [0, 0.1) is 5.92 Å². The third-order valence-electron chi connectivity index (χ3n) is 4.30. The van der Waals surface area contributed by atoms with E-state index in [2.05, 4.69) is 5.32 Å². The second-order valence-corrected chi connectivity index (χ2v) is 5.57. The molecule has 1 saturated heterocycles. The van der Waals surface area contributed by atoms with Crippen LogP contribution in [0.2, 0.25) is 0 Å². The lowest BCUT2D eigenvalue weighted by atomic mass is 9.84. The number of hydrogen-bond donors (Lipinski definition) is 1. The Morgan fingerprint density at radius 3 is 2.57 bits per heavy atom. The predicted octanol–water partition coefficient (Wildman–Crippen LogP) is 2.57. The van der Waals surface area contributed by atoms with Crippen molar-refractivity contribution < 1.29 is 19.0 Å². The van der Waals surface area contributed by atoms with Crippen LogP contribution in [0.25, 0.3) is 0 Å². The van der Waals surface area contributed by atoms with Crippen molar-refractivity contribution in [2.45, 2.75) is 31.5 Å². The first-order valence-corrected chi connectivity index (χ1v) is 7.44. The highest BCUT2D eigenvalue weighted by atomic mass is 16.7. The molecule has 0 bridgehead atoms. The highest BCUT2D eigenvalue weighted by Crippen LogP contribution is 2.38. The Balaban J connectivity index is 1.59. The molecule has 1 saturated carbocycles. The summed E-state index contributed by atoms with van der Waals surface area (Å²) in [4.78, 5) is 12.4. The summed E-state index contributed by atoms with van der Waals surface area (Å²) in [6.45, 7) is 1.33. The fraction of sp³-hybridized carbons (Fsp3) is 0.562. The van der Waals surface area contributed by atoms with Crippen LogP contribution in [0.3, 0.4) is 0 Å². The van der Waals surface area contributed by atoms with Crippen molar-refractivity contribution in [3.8, 4) is 5.75 Å². The van der Waals surface area contributed by atoms with Crippen molar-refractivity contribution in [3.05, 3.63) is 24.3 Å². The van der Waals surface area contributed by atoms with Crippen LogP contribution in [-0.2, 0) is 14.3 Å². The fourth-order valence-corrected chi connectivity index (χ4v) is 3.09. The molecular formula is C16H21NO4. The SMILES string of the molecule is COc1ccccc1NC(=O)C1CCC2(CC1)OCCO2. The van der Waals surface area contributed by atoms with Gasteiger partial charge >= 0.3 is 0 Å². The number of carbonyl (C=O) groups is 1. The summed E-state index contributed by atoms with van der Waals surface area (Å²) < 4.78 is 16.6. The molecule has 1 aromatic rings. The van der Waals surface area contributed by atoms with Gasteiger partial charge in [0, 0.05) is 18.8 Å². The lowest BCUT2D eigenvalue weighted by Crippen LogP contribution is -2.38. The Hall–Kier alpha value is -1.59. The Labute approximate surface area is 124 Å². The maximum absolute atomic E-state index is 12.4. The number of carbonyl (C=O) groups excluding carboxylic acids is 1. The molecule has 0 unspecified atom stereocenters. The van der Waals surface area contributed by atoms with Gasteiger partial charge in [0.25, 0.3) is 0 Å². The highest BCUT2D eigenvalue weighted by molar-refractivity contribution is 5.94. The summed E-state index contributed by atoms with van der Waals surface area (Å²) in [5.41, 5.74) is 0.721. The number of methoxy groups -OCH3 is 1. The minimum absolute atomic E-state index is 0.00772. The molecule has 5 heteroatoms. The molecular weight excluding hydrogens is 270 g/mol. The fourth-order valence-electron chi connectivity index (χ4n) is 3.09. The molecule has 21 heavy (non-hydrogen) atoms. The Morgan fingerprint density at radius 1 is 1.24 bits per heavy atom. The minimum atomic E-state index is -0.415. The Morgan fingerprint density at radius 2 is 1.90 bits per heavy atom. The normalized spacial score (nSPS) is 21.4. The molecule has 114 valence electrons. The monoisotopic (exact) mass is 291 g/mol. The number of anilines is 1. The van der Waals surface area contributed by atoms with Crippen molar-refractivity contribution in [3.63, 3.8) is 0 Å². The molecule has 0 aromatic heterocycles.